The highest BCUT2D eigenvalue weighted by Gasteiger charge is 2.30. The maximum absolute atomic E-state index is 12.5. The first-order valence-electron chi connectivity index (χ1n) is 6.45. The third-order valence-electron chi connectivity index (χ3n) is 2.78. The van der Waals surface area contributed by atoms with Crippen molar-refractivity contribution in [2.45, 2.75) is 17.0 Å². The van der Waals surface area contributed by atoms with Crippen LogP contribution in [-0.4, -0.2) is 25.1 Å². The molecule has 0 bridgehead atoms. The molecule has 0 radical (unpaired) electrons. The van der Waals surface area contributed by atoms with Gasteiger partial charge < -0.3 is 9.51 Å². The number of halogens is 3. The van der Waals surface area contributed by atoms with Crippen LogP contribution in [0.2, 0.25) is 0 Å². The van der Waals surface area contributed by atoms with Gasteiger partial charge in [-0.15, -0.1) is 0 Å². The van der Waals surface area contributed by atoms with E-state index in [0.29, 0.717) is 5.03 Å². The van der Waals surface area contributed by atoms with Crippen molar-refractivity contribution in [1.82, 2.24) is 25.1 Å². The van der Waals surface area contributed by atoms with Crippen LogP contribution in [0.25, 0.3) is 11.5 Å². The third-order valence-corrected chi connectivity index (χ3v) is 3.71. The number of pyridine rings is 1. The summed E-state index contributed by atoms with van der Waals surface area (Å²) in [5.41, 5.74) is -0.909. The average Bonchev–Trinajstić information content (AvgIpc) is 3.01. The number of hydrogen-bond acceptors (Lipinski definition) is 7. The Hall–Kier alpha value is -2.69. The van der Waals surface area contributed by atoms with Crippen molar-refractivity contribution in [3.8, 4) is 11.5 Å². The van der Waals surface area contributed by atoms with Crippen molar-refractivity contribution in [3.05, 3.63) is 52.5 Å². The number of alkyl halides is 3. The molecular formula is C13H8F3N5O2S. The second-order valence-electron chi connectivity index (χ2n) is 4.48. The second kappa shape index (κ2) is 6.43. The average molecular weight is 355 g/mol. The zero-order valence-electron chi connectivity index (χ0n) is 11.7. The fraction of sp³-hybridized carbons (Fsp3) is 0.154. The standard InChI is InChI=1S/C13H8F3N5O2S/c14-13(15,16)7-1-2-11(17-4-7)24-5-10-20-12(21-23-10)8-3-9(22)19-6-18-8/h1-4,6H,5H2,(H,18,19,22). The van der Waals surface area contributed by atoms with E-state index in [1.54, 1.807) is 0 Å². The van der Waals surface area contributed by atoms with Gasteiger partial charge in [-0.1, -0.05) is 16.9 Å². The highest BCUT2D eigenvalue weighted by atomic mass is 32.2. The Bertz CT molecular complexity index is 891. The second-order valence-corrected chi connectivity index (χ2v) is 5.48. The molecule has 0 unspecified atom stereocenters. The van der Waals surface area contributed by atoms with Crippen molar-refractivity contribution >= 4 is 11.8 Å². The third kappa shape index (κ3) is 3.79. The number of thioether (sulfide) groups is 1. The van der Waals surface area contributed by atoms with Crippen molar-refractivity contribution in [2.24, 2.45) is 0 Å². The normalized spacial score (nSPS) is 11.6. The minimum absolute atomic E-state index is 0.150. The van der Waals surface area contributed by atoms with Crippen LogP contribution in [0.15, 0.2) is 45.1 Å². The molecule has 3 aromatic heterocycles. The van der Waals surface area contributed by atoms with Gasteiger partial charge in [0, 0.05) is 12.3 Å². The topological polar surface area (TPSA) is 97.6 Å². The lowest BCUT2D eigenvalue weighted by molar-refractivity contribution is -0.137. The first-order chi connectivity index (χ1) is 11.4. The Morgan fingerprint density at radius 3 is 2.75 bits per heavy atom. The minimum Gasteiger partial charge on any atom is -0.338 e. The molecule has 24 heavy (non-hydrogen) atoms. The Morgan fingerprint density at radius 2 is 2.08 bits per heavy atom. The Morgan fingerprint density at radius 1 is 1.25 bits per heavy atom. The molecule has 7 nitrogen and oxygen atoms in total. The number of nitrogens with one attached hydrogen (secondary N) is 1. The van der Waals surface area contributed by atoms with Gasteiger partial charge in [0.25, 0.3) is 5.56 Å². The molecule has 11 heteroatoms. The largest absolute Gasteiger partial charge is 0.417 e. The molecule has 1 N–H and O–H groups in total. The zero-order chi connectivity index (χ0) is 17.2. The summed E-state index contributed by atoms with van der Waals surface area (Å²) in [5.74, 6) is 0.602. The van der Waals surface area contributed by atoms with E-state index in [2.05, 4.69) is 25.1 Å². The first kappa shape index (κ1) is 16.2. The predicted molar refractivity (Wildman–Crippen MR) is 76.9 cm³/mol. The fourth-order valence-electron chi connectivity index (χ4n) is 1.68. The van der Waals surface area contributed by atoms with E-state index in [1.807, 2.05) is 0 Å². The summed E-state index contributed by atoms with van der Waals surface area (Å²) in [6, 6.07) is 3.44. The van der Waals surface area contributed by atoms with Gasteiger partial charge in [0.05, 0.1) is 22.7 Å². The van der Waals surface area contributed by atoms with Crippen molar-refractivity contribution in [2.75, 3.05) is 0 Å². The van der Waals surface area contributed by atoms with Crippen LogP contribution in [0.5, 0.6) is 0 Å². The number of aromatic amines is 1. The molecule has 0 saturated heterocycles. The molecule has 0 fully saturated rings. The lowest BCUT2D eigenvalue weighted by Crippen LogP contribution is -2.05. The highest BCUT2D eigenvalue weighted by Crippen LogP contribution is 2.30. The van der Waals surface area contributed by atoms with Gasteiger partial charge in [0.2, 0.25) is 11.7 Å². The molecule has 0 aliphatic heterocycles. The van der Waals surface area contributed by atoms with Gasteiger partial charge >= 0.3 is 6.18 Å². The fourth-order valence-corrected chi connectivity index (χ4v) is 2.36. The van der Waals surface area contributed by atoms with Crippen molar-refractivity contribution in [1.29, 1.82) is 0 Å². The van der Waals surface area contributed by atoms with E-state index < -0.39 is 11.7 Å². The van der Waals surface area contributed by atoms with E-state index in [0.717, 1.165) is 24.0 Å². The van der Waals surface area contributed by atoms with Gasteiger partial charge in [-0.3, -0.25) is 4.79 Å². The van der Waals surface area contributed by atoms with Gasteiger partial charge in [-0.2, -0.15) is 18.2 Å². The highest BCUT2D eigenvalue weighted by molar-refractivity contribution is 7.98. The molecule has 3 heterocycles. The quantitative estimate of drug-likeness (QED) is 0.718. The van der Waals surface area contributed by atoms with Gasteiger partial charge in [-0.05, 0) is 12.1 Å². The summed E-state index contributed by atoms with van der Waals surface area (Å²) in [7, 11) is 0. The van der Waals surface area contributed by atoms with Crippen molar-refractivity contribution < 1.29 is 17.7 Å². The molecule has 124 valence electrons. The Balaban J connectivity index is 1.66. The number of rotatable bonds is 4. The van der Waals surface area contributed by atoms with Crippen LogP contribution in [-0.2, 0) is 11.9 Å². The smallest absolute Gasteiger partial charge is 0.338 e. The van der Waals surface area contributed by atoms with Crippen LogP contribution in [0.3, 0.4) is 0 Å². The minimum atomic E-state index is -4.42. The summed E-state index contributed by atoms with van der Waals surface area (Å²) >= 11 is 1.14. The van der Waals surface area contributed by atoms with E-state index >= 15 is 0 Å². The van der Waals surface area contributed by atoms with Crippen LogP contribution in [0.4, 0.5) is 13.2 Å². The van der Waals surface area contributed by atoms with E-state index in [-0.39, 0.29) is 28.7 Å². The van der Waals surface area contributed by atoms with Gasteiger partial charge in [0.15, 0.2) is 0 Å². The van der Waals surface area contributed by atoms with Crippen LogP contribution >= 0.6 is 11.8 Å². The van der Waals surface area contributed by atoms with Gasteiger partial charge in [-0.25, -0.2) is 9.97 Å². The molecule has 0 saturated carbocycles. The molecule has 0 aliphatic rings. The predicted octanol–water partition coefficient (Wildman–Crippen LogP) is 2.53. The number of H-pyrrole nitrogens is 1. The number of hydrogen-bond donors (Lipinski definition) is 1. The molecule has 0 spiro atoms. The molecule has 0 amide bonds. The van der Waals surface area contributed by atoms with E-state index in [1.165, 1.54) is 18.5 Å². The maximum atomic E-state index is 12.5. The lowest BCUT2D eigenvalue weighted by atomic mass is 10.3. The van der Waals surface area contributed by atoms with Crippen molar-refractivity contribution in [3.63, 3.8) is 0 Å². The van der Waals surface area contributed by atoms with Crippen LogP contribution in [0, 0.1) is 0 Å². The monoisotopic (exact) mass is 355 g/mol. The molecule has 3 aromatic rings. The summed E-state index contributed by atoms with van der Waals surface area (Å²) in [6.45, 7) is 0. The molecule has 3 rings (SSSR count). The van der Waals surface area contributed by atoms with Crippen LogP contribution in [0.1, 0.15) is 11.5 Å². The maximum Gasteiger partial charge on any atom is 0.417 e. The molecular weight excluding hydrogens is 347 g/mol. The summed E-state index contributed by atoms with van der Waals surface area (Å²) in [4.78, 5) is 25.3. The molecule has 0 atom stereocenters. The zero-order valence-corrected chi connectivity index (χ0v) is 12.6. The first-order valence-corrected chi connectivity index (χ1v) is 7.44. The lowest BCUT2D eigenvalue weighted by Gasteiger charge is -2.05. The SMILES string of the molecule is O=c1cc(-c2noc(CSc3ccc(C(F)(F)F)cn3)n2)nc[nH]1. The number of nitrogens with zero attached hydrogens (tertiary/aromatic N) is 4. The Kier molecular flexibility index (Phi) is 4.34. The van der Waals surface area contributed by atoms with E-state index in [9.17, 15) is 18.0 Å². The summed E-state index contributed by atoms with van der Waals surface area (Å²) in [5, 5.41) is 4.09. The number of aromatic nitrogens is 5. The summed E-state index contributed by atoms with van der Waals surface area (Å²) < 4.78 is 42.4. The Labute approximate surface area is 136 Å². The van der Waals surface area contributed by atoms with E-state index in [4.69, 9.17) is 4.52 Å². The van der Waals surface area contributed by atoms with Gasteiger partial charge in [0.1, 0.15) is 5.69 Å². The molecule has 0 aromatic carbocycles. The molecule has 0 aliphatic carbocycles. The summed E-state index contributed by atoms with van der Waals surface area (Å²) in [6.07, 6.45) is -2.44. The van der Waals surface area contributed by atoms with Crippen LogP contribution < -0.4 is 5.56 Å².